The van der Waals surface area contributed by atoms with Gasteiger partial charge in [0.25, 0.3) is 0 Å². The molecule has 0 aliphatic heterocycles. The van der Waals surface area contributed by atoms with Crippen molar-refractivity contribution in [3.63, 3.8) is 0 Å². The molecule has 0 heterocycles. The third-order valence-corrected chi connectivity index (χ3v) is 5.05. The summed E-state index contributed by atoms with van der Waals surface area (Å²) in [7, 11) is -3.32. The van der Waals surface area contributed by atoms with Gasteiger partial charge in [0.05, 0.1) is 30.1 Å². The second kappa shape index (κ2) is 7.58. The maximum absolute atomic E-state index is 11.6. The van der Waals surface area contributed by atoms with Crippen LogP contribution in [0.25, 0.3) is 0 Å². The van der Waals surface area contributed by atoms with E-state index in [0.29, 0.717) is 25.7 Å². The van der Waals surface area contributed by atoms with Gasteiger partial charge in [0.2, 0.25) is 5.91 Å². The first-order valence-corrected chi connectivity index (χ1v) is 8.45. The zero-order valence-corrected chi connectivity index (χ0v) is 12.1. The Labute approximate surface area is 118 Å². The van der Waals surface area contributed by atoms with E-state index in [1.54, 1.807) is 0 Å². The minimum absolute atomic E-state index is 0.0723. The number of carbonyl (C=O) groups excluding carboxylic acids is 1. The number of hydrogen-bond donors (Lipinski definition) is 2. The minimum Gasteiger partial charge on any atom is -0.481 e. The van der Waals surface area contributed by atoms with E-state index in [1.165, 1.54) is 0 Å². The summed E-state index contributed by atoms with van der Waals surface area (Å²) in [5, 5.41) is 8.85. The average Bonchev–Trinajstić information content (AvgIpc) is 2.37. The van der Waals surface area contributed by atoms with Gasteiger partial charge >= 0.3 is 5.97 Å². The van der Waals surface area contributed by atoms with Crippen LogP contribution in [-0.4, -0.2) is 49.6 Å². The predicted molar refractivity (Wildman–Crippen MR) is 71.8 cm³/mol. The quantitative estimate of drug-likeness (QED) is 0.647. The van der Waals surface area contributed by atoms with Gasteiger partial charge < -0.3 is 15.6 Å². The van der Waals surface area contributed by atoms with Gasteiger partial charge in [-0.2, -0.15) is 0 Å². The second-order valence-corrected chi connectivity index (χ2v) is 7.35. The molecule has 0 aromatic heterocycles. The van der Waals surface area contributed by atoms with Crippen molar-refractivity contribution < 1.29 is 27.9 Å². The van der Waals surface area contributed by atoms with Crippen LogP contribution in [0, 0.1) is 5.92 Å². The van der Waals surface area contributed by atoms with Crippen LogP contribution in [-0.2, 0) is 24.2 Å². The fraction of sp³-hybridized carbons (Fsp3) is 0.833. The fourth-order valence-corrected chi connectivity index (χ4v) is 3.24. The number of carboxylic acid groups (broad SMARTS) is 1. The van der Waals surface area contributed by atoms with Gasteiger partial charge in [-0.05, 0) is 25.7 Å². The van der Waals surface area contributed by atoms with Crippen molar-refractivity contribution in [2.75, 3.05) is 18.1 Å². The van der Waals surface area contributed by atoms with Crippen LogP contribution in [0.1, 0.15) is 32.1 Å². The average molecular weight is 307 g/mol. The molecule has 116 valence electrons. The lowest BCUT2D eigenvalue weighted by atomic mass is 9.87. The number of carbonyl (C=O) groups is 2. The summed E-state index contributed by atoms with van der Waals surface area (Å²) in [6, 6.07) is 0. The summed E-state index contributed by atoms with van der Waals surface area (Å²) < 4.78 is 28.6. The van der Waals surface area contributed by atoms with Crippen LogP contribution in [0.2, 0.25) is 0 Å². The molecule has 0 atom stereocenters. The number of ether oxygens (including phenoxy) is 1. The first kappa shape index (κ1) is 16.9. The van der Waals surface area contributed by atoms with Crippen LogP contribution < -0.4 is 5.73 Å². The van der Waals surface area contributed by atoms with Gasteiger partial charge in [-0.3, -0.25) is 9.59 Å². The molecule has 1 amide bonds. The lowest BCUT2D eigenvalue weighted by Crippen LogP contribution is -2.28. The zero-order valence-electron chi connectivity index (χ0n) is 11.3. The Kier molecular flexibility index (Phi) is 6.41. The summed E-state index contributed by atoms with van der Waals surface area (Å²) in [6.45, 7) is 0.0729. The molecule has 7 nitrogen and oxygen atoms in total. The van der Waals surface area contributed by atoms with Gasteiger partial charge in [0.1, 0.15) is 0 Å². The normalized spacial score (nSPS) is 23.4. The van der Waals surface area contributed by atoms with E-state index in [2.05, 4.69) is 0 Å². The van der Waals surface area contributed by atoms with E-state index in [-0.39, 0.29) is 36.6 Å². The molecule has 0 spiro atoms. The Bertz CT molecular complexity index is 439. The Morgan fingerprint density at radius 2 is 1.75 bits per heavy atom. The third kappa shape index (κ3) is 6.33. The largest absolute Gasteiger partial charge is 0.481 e. The highest BCUT2D eigenvalue weighted by Gasteiger charge is 2.26. The van der Waals surface area contributed by atoms with E-state index in [4.69, 9.17) is 15.6 Å². The molecule has 1 saturated carbocycles. The topological polar surface area (TPSA) is 124 Å². The van der Waals surface area contributed by atoms with Crippen LogP contribution in [0.4, 0.5) is 0 Å². The maximum Gasteiger partial charge on any atom is 0.306 e. The fourth-order valence-electron chi connectivity index (χ4n) is 2.18. The van der Waals surface area contributed by atoms with Crippen LogP contribution in [0.3, 0.4) is 0 Å². The summed E-state index contributed by atoms with van der Waals surface area (Å²) in [6.07, 6.45) is 2.16. The number of rotatable bonds is 8. The summed E-state index contributed by atoms with van der Waals surface area (Å²) in [4.78, 5) is 21.3. The lowest BCUT2D eigenvalue weighted by Gasteiger charge is -2.26. The number of primary amides is 1. The van der Waals surface area contributed by atoms with Crippen molar-refractivity contribution >= 4 is 21.7 Å². The Morgan fingerprint density at radius 3 is 2.25 bits per heavy atom. The molecule has 1 fully saturated rings. The van der Waals surface area contributed by atoms with E-state index < -0.39 is 21.7 Å². The standard InChI is InChI=1S/C12H21NO6S/c13-11(14)5-7-20(17,18)8-6-19-10-3-1-9(2-4-10)12(15)16/h9-10H,1-8H2,(H2,13,14)(H,15,16). The first-order chi connectivity index (χ1) is 9.30. The van der Waals surface area contributed by atoms with E-state index in [9.17, 15) is 18.0 Å². The van der Waals surface area contributed by atoms with Crippen molar-refractivity contribution in [2.24, 2.45) is 11.7 Å². The summed E-state index contributed by atoms with van der Waals surface area (Å²) in [5.41, 5.74) is 4.90. The monoisotopic (exact) mass is 307 g/mol. The van der Waals surface area contributed by atoms with Gasteiger partial charge in [0.15, 0.2) is 9.84 Å². The molecule has 0 bridgehead atoms. The number of carboxylic acids is 1. The SMILES string of the molecule is NC(=O)CCS(=O)(=O)CCOC1CCC(C(=O)O)CC1. The van der Waals surface area contributed by atoms with Crippen LogP contribution in [0.15, 0.2) is 0 Å². The summed E-state index contributed by atoms with van der Waals surface area (Å²) in [5.74, 6) is -2.12. The number of hydrogen-bond acceptors (Lipinski definition) is 5. The summed E-state index contributed by atoms with van der Waals surface area (Å²) >= 11 is 0. The van der Waals surface area contributed by atoms with Crippen LogP contribution in [0.5, 0.6) is 0 Å². The minimum atomic E-state index is -3.32. The van der Waals surface area contributed by atoms with Crippen molar-refractivity contribution in [2.45, 2.75) is 38.2 Å². The molecule has 0 aromatic carbocycles. The highest BCUT2D eigenvalue weighted by atomic mass is 32.2. The van der Waals surface area contributed by atoms with Crippen molar-refractivity contribution in [1.29, 1.82) is 0 Å². The van der Waals surface area contributed by atoms with Gasteiger partial charge in [-0.15, -0.1) is 0 Å². The highest BCUT2D eigenvalue weighted by Crippen LogP contribution is 2.26. The maximum atomic E-state index is 11.6. The van der Waals surface area contributed by atoms with E-state index in [0.717, 1.165) is 0 Å². The number of amides is 1. The van der Waals surface area contributed by atoms with Crippen molar-refractivity contribution in [3.8, 4) is 0 Å². The number of aliphatic carboxylic acids is 1. The molecule has 0 unspecified atom stereocenters. The lowest BCUT2D eigenvalue weighted by molar-refractivity contribution is -0.143. The highest BCUT2D eigenvalue weighted by molar-refractivity contribution is 7.91. The molecule has 20 heavy (non-hydrogen) atoms. The van der Waals surface area contributed by atoms with Crippen molar-refractivity contribution in [3.05, 3.63) is 0 Å². The van der Waals surface area contributed by atoms with Gasteiger partial charge in [0, 0.05) is 6.42 Å². The van der Waals surface area contributed by atoms with E-state index >= 15 is 0 Å². The first-order valence-electron chi connectivity index (χ1n) is 6.63. The third-order valence-electron chi connectivity index (χ3n) is 3.43. The smallest absolute Gasteiger partial charge is 0.306 e. The predicted octanol–water partition coefficient (Wildman–Crippen LogP) is -0.0634. The van der Waals surface area contributed by atoms with Gasteiger partial charge in [-0.25, -0.2) is 8.42 Å². The molecule has 0 saturated heterocycles. The van der Waals surface area contributed by atoms with Crippen molar-refractivity contribution in [1.82, 2.24) is 0 Å². The Hall–Kier alpha value is -1.15. The molecular formula is C12H21NO6S. The Balaban J connectivity index is 2.22. The zero-order chi connectivity index (χ0) is 15.2. The second-order valence-electron chi connectivity index (χ2n) is 5.05. The molecule has 3 N–H and O–H groups in total. The molecule has 1 aliphatic rings. The number of nitrogens with two attached hydrogens (primary N) is 1. The number of sulfone groups is 1. The molecule has 1 aliphatic carbocycles. The molecule has 8 heteroatoms. The van der Waals surface area contributed by atoms with Crippen LogP contribution >= 0.6 is 0 Å². The van der Waals surface area contributed by atoms with E-state index in [1.807, 2.05) is 0 Å². The Morgan fingerprint density at radius 1 is 1.15 bits per heavy atom. The van der Waals surface area contributed by atoms with Gasteiger partial charge in [-0.1, -0.05) is 0 Å². The molecule has 0 aromatic rings. The molecule has 0 radical (unpaired) electrons. The molecular weight excluding hydrogens is 286 g/mol. The molecule has 1 rings (SSSR count).